The Hall–Kier alpha value is -1.54. The van der Waals surface area contributed by atoms with Crippen molar-refractivity contribution in [2.75, 3.05) is 7.11 Å². The minimum absolute atomic E-state index is 0.861. The van der Waals surface area contributed by atoms with Crippen molar-refractivity contribution in [3.63, 3.8) is 0 Å². The summed E-state index contributed by atoms with van der Waals surface area (Å²) in [7, 11) is 1.68. The first-order valence-corrected chi connectivity index (χ1v) is 7.35. The second-order valence-electron chi connectivity index (χ2n) is 5.03. The SMILES string of the molecule is C=C(c1ccc(OC)cc1)c1c(C)cc(C)c(Br)c1C. The lowest BCUT2D eigenvalue weighted by atomic mass is 9.90. The number of aryl methyl sites for hydroxylation is 2. The maximum absolute atomic E-state index is 5.20. The second-order valence-corrected chi connectivity index (χ2v) is 5.82. The highest BCUT2D eigenvalue weighted by Gasteiger charge is 2.13. The van der Waals surface area contributed by atoms with E-state index < -0.39 is 0 Å². The summed E-state index contributed by atoms with van der Waals surface area (Å²) in [5.74, 6) is 0.861. The van der Waals surface area contributed by atoms with Gasteiger partial charge in [-0.25, -0.2) is 0 Å². The summed E-state index contributed by atoms with van der Waals surface area (Å²) < 4.78 is 6.36. The van der Waals surface area contributed by atoms with Crippen molar-refractivity contribution in [2.24, 2.45) is 0 Å². The van der Waals surface area contributed by atoms with E-state index in [2.05, 4.69) is 49.3 Å². The first-order valence-electron chi connectivity index (χ1n) is 6.55. The Morgan fingerprint density at radius 3 is 2.20 bits per heavy atom. The highest BCUT2D eigenvalue weighted by atomic mass is 79.9. The molecular formula is C18H19BrO. The van der Waals surface area contributed by atoms with Gasteiger partial charge in [0.1, 0.15) is 5.75 Å². The molecule has 2 aromatic rings. The van der Waals surface area contributed by atoms with Gasteiger partial charge in [-0.2, -0.15) is 0 Å². The van der Waals surface area contributed by atoms with E-state index in [9.17, 15) is 0 Å². The van der Waals surface area contributed by atoms with Crippen LogP contribution in [0.1, 0.15) is 27.8 Å². The van der Waals surface area contributed by atoms with Gasteiger partial charge in [0.15, 0.2) is 0 Å². The molecule has 0 aliphatic rings. The van der Waals surface area contributed by atoms with E-state index in [-0.39, 0.29) is 0 Å². The van der Waals surface area contributed by atoms with Crippen LogP contribution in [0.2, 0.25) is 0 Å². The Morgan fingerprint density at radius 2 is 1.65 bits per heavy atom. The van der Waals surface area contributed by atoms with Crippen molar-refractivity contribution in [1.82, 2.24) is 0 Å². The van der Waals surface area contributed by atoms with Crippen LogP contribution in [0.3, 0.4) is 0 Å². The zero-order valence-corrected chi connectivity index (χ0v) is 14.0. The molecule has 0 aliphatic heterocycles. The minimum Gasteiger partial charge on any atom is -0.497 e. The summed E-state index contributed by atoms with van der Waals surface area (Å²) in [6.45, 7) is 10.7. The topological polar surface area (TPSA) is 9.23 Å². The number of hydrogen-bond acceptors (Lipinski definition) is 1. The van der Waals surface area contributed by atoms with Crippen LogP contribution < -0.4 is 4.74 Å². The van der Waals surface area contributed by atoms with Gasteiger partial charge in [-0.05, 0) is 66.3 Å². The predicted molar refractivity (Wildman–Crippen MR) is 89.5 cm³/mol. The highest BCUT2D eigenvalue weighted by molar-refractivity contribution is 9.10. The molecule has 2 aromatic carbocycles. The molecule has 0 atom stereocenters. The monoisotopic (exact) mass is 330 g/mol. The lowest BCUT2D eigenvalue weighted by molar-refractivity contribution is 0.415. The first kappa shape index (κ1) is 14.9. The van der Waals surface area contributed by atoms with Crippen LogP contribution >= 0.6 is 15.9 Å². The molecule has 20 heavy (non-hydrogen) atoms. The molecule has 0 aliphatic carbocycles. The van der Waals surface area contributed by atoms with Gasteiger partial charge in [-0.3, -0.25) is 0 Å². The van der Waals surface area contributed by atoms with Crippen LogP contribution in [0.5, 0.6) is 5.75 Å². The molecule has 0 radical (unpaired) electrons. The summed E-state index contributed by atoms with van der Waals surface area (Å²) in [4.78, 5) is 0. The molecule has 0 amide bonds. The molecule has 0 saturated carbocycles. The zero-order chi connectivity index (χ0) is 14.9. The van der Waals surface area contributed by atoms with Crippen molar-refractivity contribution < 1.29 is 4.74 Å². The molecule has 1 nitrogen and oxygen atoms in total. The predicted octanol–water partition coefficient (Wildman–Crippen LogP) is 5.44. The number of ether oxygens (including phenoxy) is 1. The average Bonchev–Trinajstić information content (AvgIpc) is 2.45. The summed E-state index contributed by atoms with van der Waals surface area (Å²) in [5.41, 5.74) is 7.13. The highest BCUT2D eigenvalue weighted by Crippen LogP contribution is 2.34. The molecule has 2 rings (SSSR count). The van der Waals surface area contributed by atoms with E-state index in [0.29, 0.717) is 0 Å². The number of benzene rings is 2. The molecule has 0 spiro atoms. The maximum atomic E-state index is 5.20. The van der Waals surface area contributed by atoms with Crippen LogP contribution in [-0.2, 0) is 0 Å². The average molecular weight is 331 g/mol. The third kappa shape index (κ3) is 2.66. The van der Waals surface area contributed by atoms with Crippen molar-refractivity contribution in [2.45, 2.75) is 20.8 Å². The van der Waals surface area contributed by atoms with Crippen LogP contribution in [0.25, 0.3) is 5.57 Å². The number of halogens is 1. The third-order valence-electron chi connectivity index (χ3n) is 3.62. The van der Waals surface area contributed by atoms with Gasteiger partial charge >= 0.3 is 0 Å². The number of hydrogen-bond donors (Lipinski definition) is 0. The van der Waals surface area contributed by atoms with Crippen molar-refractivity contribution >= 4 is 21.5 Å². The third-order valence-corrected chi connectivity index (χ3v) is 4.84. The minimum atomic E-state index is 0.861. The molecule has 0 heterocycles. The molecule has 0 unspecified atom stereocenters. The van der Waals surface area contributed by atoms with E-state index in [1.807, 2.05) is 24.3 Å². The fourth-order valence-electron chi connectivity index (χ4n) is 2.56. The van der Waals surface area contributed by atoms with Crippen LogP contribution in [0, 0.1) is 20.8 Å². The lowest BCUT2D eigenvalue weighted by Crippen LogP contribution is -1.97. The standard InChI is InChI=1S/C18H19BrO/c1-11-10-12(2)18(19)14(4)17(11)13(3)15-6-8-16(20-5)9-7-15/h6-10H,3H2,1-2,4-5H3. The smallest absolute Gasteiger partial charge is 0.118 e. The molecule has 0 saturated heterocycles. The molecule has 2 heteroatoms. The summed E-state index contributed by atoms with van der Waals surface area (Å²) in [6, 6.07) is 10.2. The molecule has 0 fully saturated rings. The van der Waals surface area contributed by atoms with Gasteiger partial charge in [0.25, 0.3) is 0 Å². The fourth-order valence-corrected chi connectivity index (χ4v) is 2.88. The van der Waals surface area contributed by atoms with Gasteiger partial charge in [-0.1, -0.05) is 40.7 Å². The number of methoxy groups -OCH3 is 1. The van der Waals surface area contributed by atoms with Gasteiger partial charge in [0, 0.05) is 4.47 Å². The Kier molecular flexibility index (Phi) is 4.34. The van der Waals surface area contributed by atoms with Crippen LogP contribution in [-0.4, -0.2) is 7.11 Å². The molecule has 0 N–H and O–H groups in total. The quantitative estimate of drug-likeness (QED) is 0.727. The zero-order valence-electron chi connectivity index (χ0n) is 12.4. The largest absolute Gasteiger partial charge is 0.497 e. The second kappa shape index (κ2) is 5.84. The van der Waals surface area contributed by atoms with Crippen molar-refractivity contribution in [1.29, 1.82) is 0 Å². The molecule has 104 valence electrons. The molecular weight excluding hydrogens is 312 g/mol. The Bertz CT molecular complexity index is 654. The van der Waals surface area contributed by atoms with Crippen molar-refractivity contribution in [3.05, 3.63) is 69.2 Å². The van der Waals surface area contributed by atoms with Crippen LogP contribution in [0.4, 0.5) is 0 Å². The van der Waals surface area contributed by atoms with E-state index in [1.165, 1.54) is 22.3 Å². The van der Waals surface area contributed by atoms with Gasteiger partial charge in [0.2, 0.25) is 0 Å². The van der Waals surface area contributed by atoms with Gasteiger partial charge in [-0.15, -0.1) is 0 Å². The molecule has 0 bridgehead atoms. The van der Waals surface area contributed by atoms with E-state index in [0.717, 1.165) is 21.4 Å². The van der Waals surface area contributed by atoms with Gasteiger partial charge < -0.3 is 4.74 Å². The Morgan fingerprint density at radius 1 is 1.05 bits per heavy atom. The summed E-state index contributed by atoms with van der Waals surface area (Å²) >= 11 is 3.67. The molecule has 0 aromatic heterocycles. The van der Waals surface area contributed by atoms with Crippen molar-refractivity contribution in [3.8, 4) is 5.75 Å². The Labute approximate surface area is 129 Å². The summed E-state index contributed by atoms with van der Waals surface area (Å²) in [6.07, 6.45) is 0. The fraction of sp³-hybridized carbons (Fsp3) is 0.222. The lowest BCUT2D eigenvalue weighted by Gasteiger charge is -2.16. The van der Waals surface area contributed by atoms with E-state index in [4.69, 9.17) is 4.74 Å². The summed E-state index contributed by atoms with van der Waals surface area (Å²) in [5, 5.41) is 0. The number of rotatable bonds is 3. The normalized spacial score (nSPS) is 10.4. The Balaban J connectivity index is 2.50. The van der Waals surface area contributed by atoms with E-state index in [1.54, 1.807) is 7.11 Å². The van der Waals surface area contributed by atoms with Gasteiger partial charge in [0.05, 0.1) is 7.11 Å². The maximum Gasteiger partial charge on any atom is 0.118 e. The van der Waals surface area contributed by atoms with Crippen LogP contribution in [0.15, 0.2) is 41.4 Å². The first-order chi connectivity index (χ1) is 9.45. The van der Waals surface area contributed by atoms with E-state index >= 15 is 0 Å².